The molecule has 0 fully saturated rings. The van der Waals surface area contributed by atoms with Gasteiger partial charge in [-0.05, 0) is 36.2 Å². The van der Waals surface area contributed by atoms with E-state index in [1.54, 1.807) is 35.2 Å². The molecule has 126 valence electrons. The lowest BCUT2D eigenvalue weighted by Gasteiger charge is -2.16. The first-order valence-corrected chi connectivity index (χ1v) is 8.97. The summed E-state index contributed by atoms with van der Waals surface area (Å²) in [6, 6.07) is 11.7. The van der Waals surface area contributed by atoms with Crippen LogP contribution in [0.5, 0.6) is 5.75 Å². The van der Waals surface area contributed by atoms with Gasteiger partial charge in [-0.2, -0.15) is 0 Å². The van der Waals surface area contributed by atoms with Gasteiger partial charge in [-0.25, -0.2) is 8.42 Å². The van der Waals surface area contributed by atoms with E-state index < -0.39 is 10.0 Å². The Morgan fingerprint density at radius 2 is 1.96 bits per heavy atom. The van der Waals surface area contributed by atoms with Gasteiger partial charge < -0.3 is 9.64 Å². The largest absolute Gasteiger partial charge is 0.495 e. The highest BCUT2D eigenvalue weighted by Gasteiger charge is 2.24. The molecule has 1 heterocycles. The second-order valence-corrected chi connectivity index (χ2v) is 7.17. The molecule has 0 saturated carbocycles. The summed E-state index contributed by atoms with van der Waals surface area (Å²) >= 11 is 0. The Morgan fingerprint density at radius 3 is 2.67 bits per heavy atom. The van der Waals surface area contributed by atoms with Crippen molar-refractivity contribution in [2.75, 3.05) is 23.3 Å². The summed E-state index contributed by atoms with van der Waals surface area (Å²) in [4.78, 5) is 13.4. The Bertz CT molecular complexity index is 893. The van der Waals surface area contributed by atoms with Gasteiger partial charge in [-0.1, -0.05) is 18.2 Å². The van der Waals surface area contributed by atoms with Crippen LogP contribution in [0.25, 0.3) is 0 Å². The summed E-state index contributed by atoms with van der Waals surface area (Å²) < 4.78 is 32.9. The molecule has 0 aliphatic carbocycles. The van der Waals surface area contributed by atoms with Gasteiger partial charge in [0.1, 0.15) is 10.6 Å². The summed E-state index contributed by atoms with van der Waals surface area (Å²) in [7, 11) is -2.36. The number of ether oxygens (including phenoxy) is 1. The Hall–Kier alpha value is -2.54. The summed E-state index contributed by atoms with van der Waals surface area (Å²) in [6.07, 6.45) is 0.772. The van der Waals surface area contributed by atoms with E-state index in [9.17, 15) is 13.2 Å². The van der Waals surface area contributed by atoms with Gasteiger partial charge in [0.05, 0.1) is 12.8 Å². The average Bonchev–Trinajstić information content (AvgIpc) is 2.97. The number of rotatable bonds is 4. The van der Waals surface area contributed by atoms with Crippen LogP contribution in [0.2, 0.25) is 0 Å². The number of anilines is 2. The molecule has 24 heavy (non-hydrogen) atoms. The summed E-state index contributed by atoms with van der Waals surface area (Å²) in [5, 5.41) is 0. The van der Waals surface area contributed by atoms with E-state index in [4.69, 9.17) is 4.74 Å². The number of sulfonamides is 1. The first-order chi connectivity index (χ1) is 11.4. The molecule has 0 atom stereocenters. The lowest BCUT2D eigenvalue weighted by molar-refractivity contribution is -0.116. The number of nitrogens with zero attached hydrogens (tertiary/aromatic N) is 1. The lowest BCUT2D eigenvalue weighted by Crippen LogP contribution is -2.25. The zero-order valence-electron chi connectivity index (χ0n) is 13.4. The minimum Gasteiger partial charge on any atom is -0.495 e. The number of hydrogen-bond donors (Lipinski definition) is 1. The molecule has 0 saturated heterocycles. The van der Waals surface area contributed by atoms with Crippen LogP contribution < -0.4 is 14.4 Å². The van der Waals surface area contributed by atoms with E-state index in [2.05, 4.69) is 4.72 Å². The van der Waals surface area contributed by atoms with E-state index in [-0.39, 0.29) is 16.6 Å². The fraction of sp³-hybridized carbons (Fsp3) is 0.235. The number of methoxy groups -OCH3 is 1. The quantitative estimate of drug-likeness (QED) is 0.922. The fourth-order valence-corrected chi connectivity index (χ4v) is 4.04. The molecule has 2 aromatic carbocycles. The molecule has 7 heteroatoms. The molecule has 0 aromatic heterocycles. The van der Waals surface area contributed by atoms with Gasteiger partial charge >= 0.3 is 0 Å². The van der Waals surface area contributed by atoms with Crippen molar-refractivity contribution in [2.45, 2.75) is 18.2 Å². The van der Waals surface area contributed by atoms with E-state index >= 15 is 0 Å². The summed E-state index contributed by atoms with van der Waals surface area (Å²) in [5.74, 6) is 0.218. The molecule has 1 aliphatic rings. The van der Waals surface area contributed by atoms with Crippen molar-refractivity contribution in [1.29, 1.82) is 0 Å². The van der Waals surface area contributed by atoms with Crippen LogP contribution in [0.4, 0.5) is 11.4 Å². The number of carbonyl (C=O) groups excluding carboxylic acids is 1. The van der Waals surface area contributed by atoms with Gasteiger partial charge in [-0.3, -0.25) is 9.52 Å². The van der Waals surface area contributed by atoms with E-state index in [0.717, 1.165) is 17.7 Å². The van der Waals surface area contributed by atoms with Crippen molar-refractivity contribution in [3.8, 4) is 5.75 Å². The van der Waals surface area contributed by atoms with Crippen LogP contribution in [0.15, 0.2) is 47.4 Å². The molecule has 0 bridgehead atoms. The maximum atomic E-state index is 12.6. The Kier molecular flexibility index (Phi) is 4.19. The third-order valence-electron chi connectivity index (χ3n) is 3.97. The van der Waals surface area contributed by atoms with Crippen LogP contribution >= 0.6 is 0 Å². The maximum Gasteiger partial charge on any atom is 0.265 e. The molecule has 2 aromatic rings. The second-order valence-electron chi connectivity index (χ2n) is 5.52. The highest BCUT2D eigenvalue weighted by Crippen LogP contribution is 2.32. The number of para-hydroxylation sites is 1. The molecular formula is C17H18N2O4S. The minimum atomic E-state index is -3.79. The molecule has 0 unspecified atom stereocenters. The van der Waals surface area contributed by atoms with Crippen molar-refractivity contribution in [3.63, 3.8) is 0 Å². The van der Waals surface area contributed by atoms with Crippen LogP contribution in [-0.2, 0) is 21.2 Å². The smallest absolute Gasteiger partial charge is 0.265 e. The van der Waals surface area contributed by atoms with Gasteiger partial charge in [0, 0.05) is 19.2 Å². The van der Waals surface area contributed by atoms with Gasteiger partial charge in [0.25, 0.3) is 10.0 Å². The maximum absolute atomic E-state index is 12.6. The van der Waals surface area contributed by atoms with Crippen LogP contribution in [0.3, 0.4) is 0 Å². The third kappa shape index (κ3) is 2.94. The van der Waals surface area contributed by atoms with Crippen molar-refractivity contribution in [3.05, 3.63) is 48.0 Å². The van der Waals surface area contributed by atoms with Crippen LogP contribution in [0.1, 0.15) is 12.5 Å². The van der Waals surface area contributed by atoms with Gasteiger partial charge in [0.2, 0.25) is 5.91 Å². The number of amides is 1. The van der Waals surface area contributed by atoms with E-state index in [1.807, 2.05) is 6.07 Å². The Balaban J connectivity index is 1.94. The molecule has 0 spiro atoms. The highest BCUT2D eigenvalue weighted by molar-refractivity contribution is 7.92. The van der Waals surface area contributed by atoms with Gasteiger partial charge in [-0.15, -0.1) is 0 Å². The number of nitrogens with one attached hydrogen (secondary N) is 1. The zero-order valence-corrected chi connectivity index (χ0v) is 14.3. The molecule has 1 N–H and O–H groups in total. The molecule has 3 rings (SSSR count). The Labute approximate surface area is 141 Å². The minimum absolute atomic E-state index is 0.0570. The van der Waals surface area contributed by atoms with E-state index in [1.165, 1.54) is 20.1 Å². The van der Waals surface area contributed by atoms with Crippen molar-refractivity contribution in [2.24, 2.45) is 0 Å². The summed E-state index contributed by atoms with van der Waals surface area (Å²) in [6.45, 7) is 2.12. The van der Waals surface area contributed by atoms with E-state index in [0.29, 0.717) is 12.2 Å². The average molecular weight is 346 g/mol. The lowest BCUT2D eigenvalue weighted by atomic mass is 10.1. The SMILES string of the molecule is COc1ccccc1S(=O)(=O)Nc1ccc2c(c1)N(C(C)=O)CC2. The number of benzene rings is 2. The molecule has 1 aliphatic heterocycles. The van der Waals surface area contributed by atoms with Crippen molar-refractivity contribution >= 4 is 27.3 Å². The van der Waals surface area contributed by atoms with Crippen LogP contribution in [0, 0.1) is 0 Å². The first kappa shape index (κ1) is 16.3. The topological polar surface area (TPSA) is 75.7 Å². The summed E-state index contributed by atoms with van der Waals surface area (Å²) in [5.41, 5.74) is 2.20. The zero-order chi connectivity index (χ0) is 17.3. The van der Waals surface area contributed by atoms with Gasteiger partial charge in [0.15, 0.2) is 0 Å². The standard InChI is InChI=1S/C17H18N2O4S/c1-12(20)19-10-9-13-7-8-14(11-15(13)19)18-24(21,22)17-6-4-3-5-16(17)23-2/h3-8,11,18H,9-10H2,1-2H3. The predicted octanol–water partition coefficient (Wildman–Crippen LogP) is 2.41. The van der Waals surface area contributed by atoms with Crippen LogP contribution in [-0.4, -0.2) is 28.0 Å². The third-order valence-corrected chi connectivity index (χ3v) is 5.39. The first-order valence-electron chi connectivity index (χ1n) is 7.49. The molecule has 1 amide bonds. The number of hydrogen-bond acceptors (Lipinski definition) is 4. The molecular weight excluding hydrogens is 328 g/mol. The highest BCUT2D eigenvalue weighted by atomic mass is 32.2. The Morgan fingerprint density at radius 1 is 1.21 bits per heavy atom. The predicted molar refractivity (Wildman–Crippen MR) is 92.0 cm³/mol. The van der Waals surface area contributed by atoms with Crippen molar-refractivity contribution < 1.29 is 17.9 Å². The molecule has 0 radical (unpaired) electrons. The second kappa shape index (κ2) is 6.16. The number of carbonyl (C=O) groups is 1. The fourth-order valence-electron chi connectivity index (χ4n) is 2.82. The molecule has 6 nitrogen and oxygen atoms in total. The normalized spacial score (nSPS) is 13.5. The monoisotopic (exact) mass is 346 g/mol. The number of fused-ring (bicyclic) bond motifs is 1. The van der Waals surface area contributed by atoms with Crippen molar-refractivity contribution in [1.82, 2.24) is 0 Å².